The van der Waals surface area contributed by atoms with Crippen LogP contribution in [0.5, 0.6) is 0 Å². The fraction of sp³-hybridized carbons (Fsp3) is 0.259. The lowest BCUT2D eigenvalue weighted by molar-refractivity contribution is -0.145. The number of hydrogen-bond acceptors (Lipinski definition) is 7. The molecule has 8 heteroatoms. The molecule has 2 aromatic heterocycles. The van der Waals surface area contributed by atoms with Crippen LogP contribution in [0, 0.1) is 20.8 Å². The molecule has 0 aliphatic heterocycles. The highest BCUT2D eigenvalue weighted by atomic mass is 32.1. The van der Waals surface area contributed by atoms with Gasteiger partial charge in [-0.2, -0.15) is 0 Å². The average Bonchev–Trinajstić information content (AvgIpc) is 3.50. The minimum Gasteiger partial charge on any atom is -0.459 e. The van der Waals surface area contributed by atoms with Crippen LogP contribution >= 0.6 is 11.3 Å². The van der Waals surface area contributed by atoms with E-state index in [4.69, 9.17) is 9.15 Å². The number of aromatic nitrogens is 2. The van der Waals surface area contributed by atoms with Crippen molar-refractivity contribution in [2.24, 2.45) is 0 Å². The monoisotopic (exact) mass is 489 g/mol. The quantitative estimate of drug-likeness (QED) is 0.279. The van der Waals surface area contributed by atoms with Gasteiger partial charge in [-0.15, -0.1) is 11.3 Å². The number of aryl methyl sites for hydroxylation is 3. The summed E-state index contributed by atoms with van der Waals surface area (Å²) in [5, 5.41) is 2.34. The Morgan fingerprint density at radius 1 is 1.09 bits per heavy atom. The summed E-state index contributed by atoms with van der Waals surface area (Å²) in [7, 11) is 0. The molecule has 0 fully saturated rings. The number of anilines is 2. The molecule has 0 bridgehead atoms. The highest BCUT2D eigenvalue weighted by molar-refractivity contribution is 7.14. The Morgan fingerprint density at radius 2 is 1.86 bits per heavy atom. The summed E-state index contributed by atoms with van der Waals surface area (Å²) in [6.45, 7) is 7.56. The molecule has 35 heavy (non-hydrogen) atoms. The highest BCUT2D eigenvalue weighted by Crippen LogP contribution is 2.32. The molecule has 0 aliphatic carbocycles. The first-order valence-electron chi connectivity index (χ1n) is 11.3. The molecule has 4 aromatic rings. The van der Waals surface area contributed by atoms with Gasteiger partial charge in [0.2, 0.25) is 5.91 Å². The standard InChI is InChI=1S/C27H27N3O4S/c1-17-8-10-21(11-9-17)24-14-28-25(34-24)12-13-26(32)33-15-22-16-35-27(29-22)30(20(4)31)23-7-5-6-18(2)19(23)3/h5-11,14,16H,12-13,15H2,1-4H3. The van der Waals surface area contributed by atoms with Crippen molar-refractivity contribution in [3.05, 3.63) is 82.3 Å². The van der Waals surface area contributed by atoms with Gasteiger partial charge in [0, 0.05) is 24.3 Å². The number of rotatable bonds is 8. The van der Waals surface area contributed by atoms with Crippen LogP contribution < -0.4 is 4.90 Å². The molecule has 2 heterocycles. The summed E-state index contributed by atoms with van der Waals surface area (Å²) >= 11 is 1.34. The highest BCUT2D eigenvalue weighted by Gasteiger charge is 2.20. The number of ether oxygens (including phenoxy) is 1. The van der Waals surface area contributed by atoms with Crippen LogP contribution in [0.1, 0.15) is 41.6 Å². The maximum absolute atomic E-state index is 12.4. The van der Waals surface area contributed by atoms with E-state index in [-0.39, 0.29) is 24.9 Å². The molecule has 7 nitrogen and oxygen atoms in total. The second-order valence-corrected chi connectivity index (χ2v) is 9.18. The Bertz CT molecular complexity index is 1340. The predicted octanol–water partition coefficient (Wildman–Crippen LogP) is 6.08. The van der Waals surface area contributed by atoms with E-state index >= 15 is 0 Å². The first-order chi connectivity index (χ1) is 16.8. The van der Waals surface area contributed by atoms with Crippen LogP contribution in [-0.4, -0.2) is 21.8 Å². The summed E-state index contributed by atoms with van der Waals surface area (Å²) in [5.74, 6) is 0.654. The molecule has 0 saturated carbocycles. The number of nitrogens with zero attached hydrogens (tertiary/aromatic N) is 3. The molecule has 0 aliphatic rings. The Labute approximate surface area is 208 Å². The number of carbonyl (C=O) groups is 2. The van der Waals surface area contributed by atoms with Crippen LogP contribution in [0.3, 0.4) is 0 Å². The van der Waals surface area contributed by atoms with Crippen molar-refractivity contribution >= 4 is 34.0 Å². The zero-order valence-electron chi connectivity index (χ0n) is 20.2. The summed E-state index contributed by atoms with van der Waals surface area (Å²) in [4.78, 5) is 35.1. The molecule has 2 aromatic carbocycles. The van der Waals surface area contributed by atoms with Crippen LogP contribution in [0.2, 0.25) is 0 Å². The van der Waals surface area contributed by atoms with E-state index in [1.54, 1.807) is 16.5 Å². The van der Waals surface area contributed by atoms with Crippen LogP contribution in [0.15, 0.2) is 58.5 Å². The van der Waals surface area contributed by atoms with Crippen molar-refractivity contribution in [1.82, 2.24) is 9.97 Å². The Hall–Kier alpha value is -3.78. The second-order valence-electron chi connectivity index (χ2n) is 8.34. The van der Waals surface area contributed by atoms with Gasteiger partial charge in [-0.05, 0) is 38.0 Å². The lowest BCUT2D eigenvalue weighted by atomic mass is 10.1. The number of esters is 1. The van der Waals surface area contributed by atoms with Gasteiger partial charge < -0.3 is 9.15 Å². The van der Waals surface area contributed by atoms with Crippen LogP contribution in [0.25, 0.3) is 11.3 Å². The molecule has 180 valence electrons. The SMILES string of the molecule is CC(=O)N(c1nc(COC(=O)CCc2ncc(-c3ccc(C)cc3)o2)cs1)c1cccc(C)c1C. The zero-order valence-corrected chi connectivity index (χ0v) is 21.0. The van der Waals surface area contributed by atoms with Crippen molar-refractivity contribution < 1.29 is 18.7 Å². The van der Waals surface area contributed by atoms with Crippen molar-refractivity contribution in [2.45, 2.75) is 47.1 Å². The number of hydrogen-bond donors (Lipinski definition) is 0. The average molecular weight is 490 g/mol. The number of oxazole rings is 1. The third-order valence-electron chi connectivity index (χ3n) is 5.68. The molecule has 0 unspecified atom stereocenters. The molecule has 0 atom stereocenters. The molecule has 0 radical (unpaired) electrons. The van der Waals surface area contributed by atoms with Gasteiger partial charge in [0.05, 0.1) is 24.0 Å². The summed E-state index contributed by atoms with van der Waals surface area (Å²) < 4.78 is 11.2. The fourth-order valence-electron chi connectivity index (χ4n) is 3.56. The van der Waals surface area contributed by atoms with E-state index in [1.165, 1.54) is 23.8 Å². The summed E-state index contributed by atoms with van der Waals surface area (Å²) in [5.41, 5.74) is 5.61. The van der Waals surface area contributed by atoms with Crippen molar-refractivity contribution in [3.63, 3.8) is 0 Å². The molecule has 4 rings (SSSR count). The maximum Gasteiger partial charge on any atom is 0.306 e. The Morgan fingerprint density at radius 3 is 2.60 bits per heavy atom. The molecule has 0 saturated heterocycles. The van der Waals surface area contributed by atoms with Gasteiger partial charge in [-0.1, -0.05) is 42.0 Å². The van der Waals surface area contributed by atoms with Crippen LogP contribution in [-0.2, 0) is 27.4 Å². The molecular weight excluding hydrogens is 462 g/mol. The van der Waals surface area contributed by atoms with Gasteiger partial charge in [-0.25, -0.2) is 9.97 Å². The van der Waals surface area contributed by atoms with E-state index in [0.717, 1.165) is 22.4 Å². The first-order valence-corrected chi connectivity index (χ1v) is 12.2. The number of carbonyl (C=O) groups excluding carboxylic acids is 2. The van der Waals surface area contributed by atoms with Gasteiger partial charge in [0.25, 0.3) is 0 Å². The molecule has 0 N–H and O–H groups in total. The number of thiazole rings is 1. The lowest BCUT2D eigenvalue weighted by Crippen LogP contribution is -2.23. The minimum atomic E-state index is -0.368. The van der Waals surface area contributed by atoms with Gasteiger partial charge in [0.1, 0.15) is 6.61 Å². The predicted molar refractivity (Wildman–Crippen MR) is 136 cm³/mol. The van der Waals surface area contributed by atoms with E-state index in [1.807, 2.05) is 63.2 Å². The maximum atomic E-state index is 12.4. The molecule has 1 amide bonds. The number of amides is 1. The first kappa shape index (κ1) is 24.3. The van der Waals surface area contributed by atoms with E-state index < -0.39 is 0 Å². The largest absolute Gasteiger partial charge is 0.459 e. The minimum absolute atomic E-state index is 0.0358. The van der Waals surface area contributed by atoms with Gasteiger partial charge in [0.15, 0.2) is 16.8 Å². The van der Waals surface area contributed by atoms with Gasteiger partial charge in [-0.3, -0.25) is 14.5 Å². The van der Waals surface area contributed by atoms with Crippen molar-refractivity contribution in [2.75, 3.05) is 4.90 Å². The van der Waals surface area contributed by atoms with E-state index in [9.17, 15) is 9.59 Å². The Balaban J connectivity index is 1.33. The molecule has 0 spiro atoms. The fourth-order valence-corrected chi connectivity index (χ4v) is 4.43. The second kappa shape index (κ2) is 10.7. The normalized spacial score (nSPS) is 10.9. The summed E-state index contributed by atoms with van der Waals surface area (Å²) in [6, 6.07) is 13.8. The lowest BCUT2D eigenvalue weighted by Gasteiger charge is -2.21. The zero-order chi connectivity index (χ0) is 24.9. The number of benzene rings is 2. The van der Waals surface area contributed by atoms with Crippen LogP contribution in [0.4, 0.5) is 10.8 Å². The van der Waals surface area contributed by atoms with E-state index in [0.29, 0.717) is 28.9 Å². The van der Waals surface area contributed by atoms with Gasteiger partial charge >= 0.3 is 5.97 Å². The van der Waals surface area contributed by atoms with Crippen molar-refractivity contribution in [1.29, 1.82) is 0 Å². The van der Waals surface area contributed by atoms with Crippen molar-refractivity contribution in [3.8, 4) is 11.3 Å². The third kappa shape index (κ3) is 5.84. The van der Waals surface area contributed by atoms with E-state index in [2.05, 4.69) is 9.97 Å². The topological polar surface area (TPSA) is 85.5 Å². The smallest absolute Gasteiger partial charge is 0.306 e. The third-order valence-corrected chi connectivity index (χ3v) is 6.55. The molecular formula is C27H27N3O4S. The summed E-state index contributed by atoms with van der Waals surface area (Å²) in [6.07, 6.45) is 2.16. The Kier molecular flexibility index (Phi) is 7.41.